The molecule has 0 aliphatic carbocycles. The highest BCUT2D eigenvalue weighted by Gasteiger charge is 2.19. The van der Waals surface area contributed by atoms with Gasteiger partial charge in [-0.25, -0.2) is 4.57 Å². The molecule has 0 unspecified atom stereocenters. The van der Waals surface area contributed by atoms with Gasteiger partial charge in [0.1, 0.15) is 18.2 Å². The SMILES string of the molecule is CC.CC.Cc1ccc2c(oc3ccncc32)c1-c1cccc[n+]1C. The van der Waals surface area contributed by atoms with Gasteiger partial charge < -0.3 is 4.42 Å². The Labute approximate surface area is 149 Å². The standard InChI is InChI=1S/C18H15N2O.2C2H6/c1-12-6-7-13-14-11-19-9-8-16(14)21-18(13)17(12)15-5-3-4-10-20(15)2;2*1-2/h3-11H,1-2H3;2*1-2H3/q+1;;. The Hall–Kier alpha value is -2.68. The van der Waals surface area contributed by atoms with Crippen molar-refractivity contribution in [1.29, 1.82) is 0 Å². The van der Waals surface area contributed by atoms with Gasteiger partial charge in [0, 0.05) is 35.3 Å². The first-order valence-electron chi connectivity index (χ1n) is 8.96. The fourth-order valence-electron chi connectivity index (χ4n) is 2.88. The smallest absolute Gasteiger partial charge is 0.216 e. The maximum absolute atomic E-state index is 6.12. The zero-order valence-corrected chi connectivity index (χ0v) is 16.0. The summed E-state index contributed by atoms with van der Waals surface area (Å²) < 4.78 is 8.24. The number of pyridine rings is 2. The zero-order chi connectivity index (χ0) is 18.4. The third kappa shape index (κ3) is 3.41. The molecule has 0 amide bonds. The lowest BCUT2D eigenvalue weighted by atomic mass is 10.0. The fourth-order valence-corrected chi connectivity index (χ4v) is 2.88. The van der Waals surface area contributed by atoms with E-state index >= 15 is 0 Å². The molecule has 3 heteroatoms. The van der Waals surface area contributed by atoms with Gasteiger partial charge in [-0.3, -0.25) is 4.98 Å². The third-order valence-electron chi connectivity index (χ3n) is 3.96. The van der Waals surface area contributed by atoms with Crippen molar-refractivity contribution in [3.63, 3.8) is 0 Å². The summed E-state index contributed by atoms with van der Waals surface area (Å²) in [6.07, 6.45) is 5.68. The van der Waals surface area contributed by atoms with Crippen LogP contribution in [-0.4, -0.2) is 4.98 Å². The van der Waals surface area contributed by atoms with Crippen molar-refractivity contribution >= 4 is 21.9 Å². The van der Waals surface area contributed by atoms with Gasteiger partial charge in [-0.2, -0.15) is 0 Å². The molecule has 0 fully saturated rings. The summed E-state index contributed by atoms with van der Waals surface area (Å²) in [6.45, 7) is 10.1. The molecule has 1 aromatic carbocycles. The van der Waals surface area contributed by atoms with E-state index in [4.69, 9.17) is 4.42 Å². The summed E-state index contributed by atoms with van der Waals surface area (Å²) in [7, 11) is 2.05. The van der Waals surface area contributed by atoms with E-state index in [0.29, 0.717) is 0 Å². The molecule has 4 rings (SSSR count). The van der Waals surface area contributed by atoms with E-state index in [9.17, 15) is 0 Å². The number of furan rings is 1. The van der Waals surface area contributed by atoms with E-state index in [2.05, 4.69) is 54.0 Å². The second-order valence-electron chi connectivity index (χ2n) is 5.30. The molecule has 0 spiro atoms. The largest absolute Gasteiger partial charge is 0.455 e. The highest BCUT2D eigenvalue weighted by molar-refractivity contribution is 6.09. The molecule has 3 aromatic heterocycles. The van der Waals surface area contributed by atoms with Gasteiger partial charge in [0.15, 0.2) is 6.20 Å². The summed E-state index contributed by atoms with van der Waals surface area (Å²) in [6, 6.07) is 12.4. The molecule has 0 atom stereocenters. The van der Waals surface area contributed by atoms with Crippen LogP contribution in [0.3, 0.4) is 0 Å². The van der Waals surface area contributed by atoms with E-state index in [0.717, 1.165) is 33.2 Å². The van der Waals surface area contributed by atoms with Crippen molar-refractivity contribution in [3.8, 4) is 11.3 Å². The van der Waals surface area contributed by atoms with Crippen LogP contribution < -0.4 is 4.57 Å². The Bertz CT molecular complexity index is 970. The van der Waals surface area contributed by atoms with Gasteiger partial charge in [-0.05, 0) is 24.6 Å². The minimum atomic E-state index is 0.880. The number of rotatable bonds is 1. The predicted molar refractivity (Wildman–Crippen MR) is 106 cm³/mol. The average Bonchev–Trinajstić information content (AvgIpc) is 3.04. The molecule has 0 radical (unpaired) electrons. The molecular weight excluding hydrogens is 308 g/mol. The number of aryl methyl sites for hydroxylation is 2. The van der Waals surface area contributed by atoms with Gasteiger partial charge in [0.2, 0.25) is 5.69 Å². The van der Waals surface area contributed by atoms with Crippen molar-refractivity contribution in [2.24, 2.45) is 7.05 Å². The quantitative estimate of drug-likeness (QED) is 0.409. The fraction of sp³-hybridized carbons (Fsp3) is 0.273. The summed E-state index contributed by atoms with van der Waals surface area (Å²) in [5.74, 6) is 0. The topological polar surface area (TPSA) is 29.9 Å². The van der Waals surface area contributed by atoms with Crippen LogP contribution in [0.2, 0.25) is 0 Å². The van der Waals surface area contributed by atoms with Crippen molar-refractivity contribution < 1.29 is 8.98 Å². The van der Waals surface area contributed by atoms with E-state index in [-0.39, 0.29) is 0 Å². The first kappa shape index (κ1) is 18.7. The molecule has 4 aromatic rings. The maximum atomic E-state index is 6.12. The van der Waals surface area contributed by atoms with E-state index in [1.54, 1.807) is 6.20 Å². The molecule has 0 aliphatic heterocycles. The molecule has 3 heterocycles. The van der Waals surface area contributed by atoms with Crippen LogP contribution >= 0.6 is 0 Å². The van der Waals surface area contributed by atoms with Gasteiger partial charge >= 0.3 is 0 Å². The average molecular weight is 335 g/mol. The molecule has 130 valence electrons. The molecule has 25 heavy (non-hydrogen) atoms. The van der Waals surface area contributed by atoms with Crippen molar-refractivity contribution in [2.45, 2.75) is 34.6 Å². The summed E-state index contributed by atoms with van der Waals surface area (Å²) in [5.41, 5.74) is 5.31. The normalized spacial score (nSPS) is 10.0. The second-order valence-corrected chi connectivity index (χ2v) is 5.30. The van der Waals surface area contributed by atoms with Crippen LogP contribution in [0.5, 0.6) is 0 Å². The van der Waals surface area contributed by atoms with E-state index in [1.807, 2.05) is 46.0 Å². The Balaban J connectivity index is 0.000000528. The highest BCUT2D eigenvalue weighted by atomic mass is 16.3. The Morgan fingerprint density at radius 3 is 2.40 bits per heavy atom. The maximum Gasteiger partial charge on any atom is 0.216 e. The van der Waals surface area contributed by atoms with Gasteiger partial charge in [0.25, 0.3) is 0 Å². The van der Waals surface area contributed by atoms with Gasteiger partial charge in [0.05, 0.1) is 5.56 Å². The minimum absolute atomic E-state index is 0.880. The van der Waals surface area contributed by atoms with Crippen LogP contribution in [-0.2, 0) is 7.05 Å². The molecule has 3 nitrogen and oxygen atoms in total. The second kappa shape index (κ2) is 8.43. The number of benzene rings is 1. The van der Waals surface area contributed by atoms with Crippen LogP contribution in [0, 0.1) is 6.92 Å². The Morgan fingerprint density at radius 2 is 1.68 bits per heavy atom. The predicted octanol–water partition coefficient (Wildman–Crippen LogP) is 5.83. The van der Waals surface area contributed by atoms with E-state index in [1.165, 1.54) is 5.56 Å². The summed E-state index contributed by atoms with van der Waals surface area (Å²) >= 11 is 0. The number of aromatic nitrogens is 2. The molecule has 0 saturated heterocycles. The molecule has 0 saturated carbocycles. The van der Waals surface area contributed by atoms with Crippen molar-refractivity contribution in [3.05, 3.63) is 60.6 Å². The minimum Gasteiger partial charge on any atom is -0.455 e. The van der Waals surface area contributed by atoms with E-state index < -0.39 is 0 Å². The summed E-state index contributed by atoms with van der Waals surface area (Å²) in [5, 5.41) is 2.18. The van der Waals surface area contributed by atoms with Gasteiger partial charge in [-0.15, -0.1) is 0 Å². The molecule has 0 N–H and O–H groups in total. The number of fused-ring (bicyclic) bond motifs is 3. The molecule has 0 aliphatic rings. The lowest BCUT2D eigenvalue weighted by molar-refractivity contribution is -0.660. The Kier molecular flexibility index (Phi) is 6.29. The van der Waals surface area contributed by atoms with Crippen LogP contribution in [0.15, 0.2) is 59.4 Å². The lowest BCUT2D eigenvalue weighted by Crippen LogP contribution is -2.30. The highest BCUT2D eigenvalue weighted by Crippen LogP contribution is 2.36. The van der Waals surface area contributed by atoms with Crippen LogP contribution in [0.1, 0.15) is 33.3 Å². The number of hydrogen-bond donors (Lipinski definition) is 0. The van der Waals surface area contributed by atoms with Crippen LogP contribution in [0.25, 0.3) is 33.2 Å². The Morgan fingerprint density at radius 1 is 0.920 bits per heavy atom. The first-order valence-corrected chi connectivity index (χ1v) is 8.96. The van der Waals surface area contributed by atoms with Crippen LogP contribution in [0.4, 0.5) is 0 Å². The van der Waals surface area contributed by atoms with Crippen molar-refractivity contribution in [1.82, 2.24) is 4.98 Å². The third-order valence-corrected chi connectivity index (χ3v) is 3.96. The number of hydrogen-bond acceptors (Lipinski definition) is 2. The molecular formula is C22H27N2O+. The first-order chi connectivity index (χ1) is 12.3. The lowest BCUT2D eigenvalue weighted by Gasteiger charge is -2.04. The molecule has 0 bridgehead atoms. The van der Waals surface area contributed by atoms with Gasteiger partial charge in [-0.1, -0.05) is 39.8 Å². The number of nitrogens with zero attached hydrogens (tertiary/aromatic N) is 2. The zero-order valence-electron chi connectivity index (χ0n) is 16.0. The van der Waals surface area contributed by atoms with Crippen molar-refractivity contribution in [2.75, 3.05) is 0 Å². The summed E-state index contributed by atoms with van der Waals surface area (Å²) in [4.78, 5) is 4.21. The monoisotopic (exact) mass is 335 g/mol.